The molecule has 1 aromatic rings. The lowest BCUT2D eigenvalue weighted by atomic mass is 10.3. The van der Waals surface area contributed by atoms with E-state index in [-0.39, 0.29) is 12.7 Å². The Morgan fingerprint density at radius 1 is 1.50 bits per heavy atom. The Kier molecular flexibility index (Phi) is 5.16. The van der Waals surface area contributed by atoms with E-state index in [0.717, 1.165) is 6.42 Å². The molecule has 1 fully saturated rings. The summed E-state index contributed by atoms with van der Waals surface area (Å²) in [4.78, 5) is 12.3. The van der Waals surface area contributed by atoms with Crippen LogP contribution in [0.1, 0.15) is 20.3 Å². The third-order valence-electron chi connectivity index (χ3n) is 2.78. The van der Waals surface area contributed by atoms with Gasteiger partial charge in [0.2, 0.25) is 0 Å². The fourth-order valence-corrected chi connectivity index (χ4v) is 4.84. The Bertz CT molecular complexity index is 510. The molecule has 1 amide bonds. The third kappa shape index (κ3) is 3.38. The zero-order valence-electron chi connectivity index (χ0n) is 11.5. The summed E-state index contributed by atoms with van der Waals surface area (Å²) in [7, 11) is 0. The normalized spacial score (nSPS) is 26.0. The standard InChI is InChI=1S/C13H18NO4PS/c1-3-16-13(15)14(12-7-5-4-6-8-12)19(20)17-10-9-11(2)18-19/h4-8,11H,3,9-10H2,1-2H3/t11-,19-/m1/s1. The summed E-state index contributed by atoms with van der Waals surface area (Å²) < 4.78 is 17.9. The van der Waals surface area contributed by atoms with Crippen LogP contribution >= 0.6 is 6.64 Å². The lowest BCUT2D eigenvalue weighted by Crippen LogP contribution is -2.34. The summed E-state index contributed by atoms with van der Waals surface area (Å²) in [5, 5.41) is 0. The highest BCUT2D eigenvalue weighted by Gasteiger charge is 2.39. The maximum Gasteiger partial charge on any atom is 0.421 e. The van der Waals surface area contributed by atoms with Gasteiger partial charge < -0.3 is 13.8 Å². The van der Waals surface area contributed by atoms with E-state index in [2.05, 4.69) is 0 Å². The summed E-state index contributed by atoms with van der Waals surface area (Å²) in [6, 6.07) is 9.10. The molecule has 20 heavy (non-hydrogen) atoms. The first kappa shape index (κ1) is 15.4. The third-order valence-corrected chi connectivity index (χ3v) is 5.86. The number of hydrogen-bond donors (Lipinski definition) is 0. The molecule has 110 valence electrons. The number of para-hydroxylation sites is 1. The molecule has 2 rings (SSSR count). The maximum absolute atomic E-state index is 12.3. The van der Waals surface area contributed by atoms with E-state index in [4.69, 9.17) is 25.6 Å². The Hall–Kier alpha value is -0.940. The molecular formula is C13H18NO4PS. The van der Waals surface area contributed by atoms with Crippen LogP contribution in [0.5, 0.6) is 0 Å². The number of benzene rings is 1. The van der Waals surface area contributed by atoms with Gasteiger partial charge in [-0.25, -0.2) is 9.46 Å². The van der Waals surface area contributed by atoms with Crippen molar-refractivity contribution in [3.63, 3.8) is 0 Å². The zero-order chi connectivity index (χ0) is 14.6. The highest BCUT2D eigenvalue weighted by atomic mass is 32.5. The average molecular weight is 315 g/mol. The average Bonchev–Trinajstić information content (AvgIpc) is 2.39. The summed E-state index contributed by atoms with van der Waals surface area (Å²) in [5.74, 6) is 0. The molecule has 1 aliphatic rings. The van der Waals surface area contributed by atoms with Crippen LogP contribution in [0.2, 0.25) is 0 Å². The number of amides is 1. The van der Waals surface area contributed by atoms with Crippen molar-refractivity contribution in [2.75, 3.05) is 17.9 Å². The summed E-state index contributed by atoms with van der Waals surface area (Å²) in [5.41, 5.74) is 0.628. The first-order valence-corrected chi connectivity index (χ1v) is 9.11. The molecule has 0 bridgehead atoms. The van der Waals surface area contributed by atoms with Gasteiger partial charge in [-0.05, 0) is 44.2 Å². The number of hydrogen-bond acceptors (Lipinski definition) is 5. The molecular weight excluding hydrogens is 297 g/mol. The molecule has 1 saturated heterocycles. The molecule has 5 nitrogen and oxygen atoms in total. The van der Waals surface area contributed by atoms with Crippen LogP contribution < -0.4 is 4.67 Å². The molecule has 0 aliphatic carbocycles. The van der Waals surface area contributed by atoms with Crippen molar-refractivity contribution in [1.29, 1.82) is 0 Å². The minimum absolute atomic E-state index is 0.0322. The van der Waals surface area contributed by atoms with Crippen LogP contribution in [0.15, 0.2) is 30.3 Å². The molecule has 1 aliphatic heterocycles. The zero-order valence-corrected chi connectivity index (χ0v) is 13.2. The van der Waals surface area contributed by atoms with Crippen molar-refractivity contribution < 1.29 is 18.6 Å². The minimum atomic E-state index is -2.90. The first-order chi connectivity index (χ1) is 9.57. The number of rotatable bonds is 3. The smallest absolute Gasteiger partial charge is 0.421 e. The number of nitrogens with zero attached hydrogens (tertiary/aromatic N) is 1. The minimum Gasteiger partial charge on any atom is -0.449 e. The molecule has 0 N–H and O–H groups in total. The summed E-state index contributed by atoms with van der Waals surface area (Å²) in [6.45, 7) is 1.54. The second-order valence-electron chi connectivity index (χ2n) is 4.35. The van der Waals surface area contributed by atoms with Gasteiger partial charge in [-0.15, -0.1) is 0 Å². The Morgan fingerprint density at radius 2 is 2.20 bits per heavy atom. The highest BCUT2D eigenvalue weighted by Crippen LogP contribution is 2.57. The molecule has 0 aromatic heterocycles. The quantitative estimate of drug-likeness (QED) is 0.796. The Morgan fingerprint density at radius 3 is 2.80 bits per heavy atom. The largest absolute Gasteiger partial charge is 0.449 e. The molecule has 1 heterocycles. The van der Waals surface area contributed by atoms with E-state index in [1.54, 1.807) is 19.1 Å². The van der Waals surface area contributed by atoms with Gasteiger partial charge in [0, 0.05) is 0 Å². The number of ether oxygens (including phenoxy) is 1. The maximum atomic E-state index is 12.3. The van der Waals surface area contributed by atoms with Gasteiger partial charge in [0.25, 0.3) is 6.64 Å². The highest BCUT2D eigenvalue weighted by molar-refractivity contribution is 8.11. The SMILES string of the molecule is CCOC(=O)N(c1ccccc1)[P@@]1(=S)OCC[C@@H](C)O1. The number of carbonyl (C=O) groups is 1. The lowest BCUT2D eigenvalue weighted by Gasteiger charge is -2.37. The monoisotopic (exact) mass is 315 g/mol. The van der Waals surface area contributed by atoms with Gasteiger partial charge >= 0.3 is 6.09 Å². The molecule has 2 atom stereocenters. The van der Waals surface area contributed by atoms with Gasteiger partial charge in [0.1, 0.15) is 0 Å². The van der Waals surface area contributed by atoms with E-state index >= 15 is 0 Å². The molecule has 0 radical (unpaired) electrons. The van der Waals surface area contributed by atoms with E-state index < -0.39 is 12.7 Å². The van der Waals surface area contributed by atoms with Crippen LogP contribution in [0, 0.1) is 0 Å². The van der Waals surface area contributed by atoms with E-state index in [1.807, 2.05) is 25.1 Å². The molecule has 0 unspecified atom stereocenters. The second-order valence-corrected chi connectivity index (χ2v) is 7.54. The summed E-state index contributed by atoms with van der Waals surface area (Å²) in [6.07, 6.45) is 0.204. The van der Waals surface area contributed by atoms with Crippen LogP contribution in [0.4, 0.5) is 10.5 Å². The van der Waals surface area contributed by atoms with E-state index in [9.17, 15) is 4.79 Å². The van der Waals surface area contributed by atoms with Gasteiger partial charge in [-0.2, -0.15) is 0 Å². The summed E-state index contributed by atoms with van der Waals surface area (Å²) >= 11 is 5.52. The first-order valence-electron chi connectivity index (χ1n) is 6.52. The van der Waals surface area contributed by atoms with E-state index in [1.165, 1.54) is 4.67 Å². The predicted octanol–water partition coefficient (Wildman–Crippen LogP) is 3.70. The second kappa shape index (κ2) is 6.68. The van der Waals surface area contributed by atoms with Crippen molar-refractivity contribution in [3.8, 4) is 0 Å². The topological polar surface area (TPSA) is 48.0 Å². The Balaban J connectivity index is 2.36. The van der Waals surface area contributed by atoms with Crippen molar-refractivity contribution in [1.82, 2.24) is 0 Å². The van der Waals surface area contributed by atoms with E-state index in [0.29, 0.717) is 12.3 Å². The van der Waals surface area contributed by atoms with Crippen molar-refractivity contribution >= 4 is 30.2 Å². The van der Waals surface area contributed by atoms with Gasteiger partial charge in [-0.3, -0.25) is 0 Å². The number of carbonyl (C=O) groups excluding carboxylic acids is 1. The number of anilines is 1. The van der Waals surface area contributed by atoms with Gasteiger partial charge in [-0.1, -0.05) is 18.2 Å². The van der Waals surface area contributed by atoms with Crippen molar-refractivity contribution in [2.24, 2.45) is 0 Å². The van der Waals surface area contributed by atoms with Crippen LogP contribution in [0.25, 0.3) is 0 Å². The lowest BCUT2D eigenvalue weighted by molar-refractivity contribution is 0.114. The molecule has 7 heteroatoms. The molecule has 1 aromatic carbocycles. The van der Waals surface area contributed by atoms with Crippen molar-refractivity contribution in [3.05, 3.63) is 30.3 Å². The molecule has 0 spiro atoms. The fourth-order valence-electron chi connectivity index (χ4n) is 1.85. The van der Waals surface area contributed by atoms with Gasteiger partial charge in [0.15, 0.2) is 0 Å². The van der Waals surface area contributed by atoms with Gasteiger partial charge in [0.05, 0.1) is 25.0 Å². The fraction of sp³-hybridized carbons (Fsp3) is 0.462. The van der Waals surface area contributed by atoms with Crippen LogP contribution in [0.3, 0.4) is 0 Å². The predicted molar refractivity (Wildman–Crippen MR) is 81.3 cm³/mol. The molecule has 0 saturated carbocycles. The Labute approximate surface area is 124 Å². The van der Waals surface area contributed by atoms with Crippen LogP contribution in [-0.4, -0.2) is 25.4 Å². The van der Waals surface area contributed by atoms with Crippen LogP contribution in [-0.2, 0) is 25.6 Å². The van der Waals surface area contributed by atoms with Crippen molar-refractivity contribution in [2.45, 2.75) is 26.4 Å².